The van der Waals surface area contributed by atoms with Crippen LogP contribution in [0.2, 0.25) is 0 Å². The first-order valence-electron chi connectivity index (χ1n) is 7.57. The fraction of sp³-hybridized carbons (Fsp3) is 0.688. The van der Waals surface area contributed by atoms with Crippen molar-refractivity contribution in [3.63, 3.8) is 0 Å². The van der Waals surface area contributed by atoms with E-state index < -0.39 is 0 Å². The zero-order chi connectivity index (χ0) is 13.7. The zero-order valence-electron chi connectivity index (χ0n) is 12.2. The van der Waals surface area contributed by atoms with E-state index in [2.05, 4.69) is 23.7 Å². The minimum atomic E-state index is 0.223. The van der Waals surface area contributed by atoms with E-state index in [0.29, 0.717) is 18.5 Å². The van der Waals surface area contributed by atoms with Gasteiger partial charge in [-0.05, 0) is 43.9 Å². The number of H-pyrrole nitrogens is 1. The minimum Gasteiger partial charge on any atom is -0.359 e. The van der Waals surface area contributed by atoms with Crippen molar-refractivity contribution < 1.29 is 4.79 Å². The van der Waals surface area contributed by atoms with Gasteiger partial charge in [0.05, 0.1) is 12.2 Å². The average molecular weight is 262 g/mol. The van der Waals surface area contributed by atoms with E-state index in [1.54, 1.807) is 0 Å². The molecule has 2 rings (SSSR count). The van der Waals surface area contributed by atoms with Crippen LogP contribution in [0.15, 0.2) is 18.3 Å². The number of hydrogen-bond donors (Lipinski definition) is 1. The van der Waals surface area contributed by atoms with E-state index in [1.807, 2.05) is 18.3 Å². The summed E-state index contributed by atoms with van der Waals surface area (Å²) in [5.41, 5.74) is 0.743. The molecule has 1 aliphatic rings. The van der Waals surface area contributed by atoms with Crippen molar-refractivity contribution in [3.8, 4) is 0 Å². The third kappa shape index (κ3) is 4.20. The number of Topliss-reactive ketones (excluding diaryl/α,β-unsaturated/α-hetero) is 1. The number of carbonyl (C=O) groups excluding carboxylic acids is 1. The number of nitrogens with zero attached hydrogens (tertiary/aromatic N) is 1. The first-order valence-corrected chi connectivity index (χ1v) is 7.57. The molecule has 0 amide bonds. The second kappa shape index (κ2) is 6.90. The molecule has 1 aromatic rings. The highest BCUT2D eigenvalue weighted by molar-refractivity contribution is 5.95. The Morgan fingerprint density at radius 1 is 1.42 bits per heavy atom. The van der Waals surface area contributed by atoms with Gasteiger partial charge in [0.1, 0.15) is 0 Å². The lowest BCUT2D eigenvalue weighted by Crippen LogP contribution is -2.38. The fourth-order valence-electron chi connectivity index (χ4n) is 2.86. The molecule has 19 heavy (non-hydrogen) atoms. The first-order chi connectivity index (χ1) is 9.16. The van der Waals surface area contributed by atoms with Crippen LogP contribution in [-0.2, 0) is 0 Å². The molecule has 0 radical (unpaired) electrons. The third-order valence-corrected chi connectivity index (χ3v) is 4.08. The van der Waals surface area contributed by atoms with Gasteiger partial charge in [0.25, 0.3) is 0 Å². The van der Waals surface area contributed by atoms with E-state index in [9.17, 15) is 4.79 Å². The normalized spacial score (nSPS) is 16.6. The van der Waals surface area contributed by atoms with E-state index in [4.69, 9.17) is 0 Å². The van der Waals surface area contributed by atoms with Gasteiger partial charge in [0.2, 0.25) is 0 Å². The smallest absolute Gasteiger partial charge is 0.192 e. The molecule has 1 saturated carbocycles. The van der Waals surface area contributed by atoms with Crippen LogP contribution in [0.25, 0.3) is 0 Å². The van der Waals surface area contributed by atoms with Crippen LogP contribution >= 0.6 is 0 Å². The summed E-state index contributed by atoms with van der Waals surface area (Å²) in [7, 11) is 0. The Morgan fingerprint density at radius 3 is 2.74 bits per heavy atom. The van der Waals surface area contributed by atoms with Crippen LogP contribution in [-0.4, -0.2) is 34.8 Å². The van der Waals surface area contributed by atoms with Crippen LogP contribution < -0.4 is 0 Å². The fourth-order valence-corrected chi connectivity index (χ4v) is 2.86. The first kappa shape index (κ1) is 14.3. The molecule has 0 bridgehead atoms. The summed E-state index contributed by atoms with van der Waals surface area (Å²) in [6.45, 7) is 6.12. The van der Waals surface area contributed by atoms with Crippen LogP contribution in [0, 0.1) is 5.92 Å². The molecule has 1 aromatic heterocycles. The number of nitrogens with one attached hydrogen (secondary N) is 1. The van der Waals surface area contributed by atoms with Crippen molar-refractivity contribution in [3.05, 3.63) is 24.0 Å². The Morgan fingerprint density at radius 2 is 2.16 bits per heavy atom. The maximum absolute atomic E-state index is 12.2. The lowest BCUT2D eigenvalue weighted by molar-refractivity contribution is 0.0881. The molecule has 0 atom stereocenters. The van der Waals surface area contributed by atoms with Crippen LogP contribution in [0.5, 0.6) is 0 Å². The van der Waals surface area contributed by atoms with Gasteiger partial charge >= 0.3 is 0 Å². The molecule has 0 saturated heterocycles. The summed E-state index contributed by atoms with van der Waals surface area (Å²) in [6, 6.07) is 4.39. The standard InChI is InChI=1S/C16H26N2O/c1-13(2)9-11-18(14-6-3-4-7-14)12-16(19)15-8-5-10-17-15/h5,8,10,13-14,17H,3-4,6-7,9,11-12H2,1-2H3. The highest BCUT2D eigenvalue weighted by atomic mass is 16.1. The number of rotatable bonds is 7. The van der Waals surface area contributed by atoms with E-state index in [0.717, 1.165) is 12.2 Å². The Kier molecular flexibility index (Phi) is 5.20. The van der Waals surface area contributed by atoms with Crippen LogP contribution in [0.4, 0.5) is 0 Å². The van der Waals surface area contributed by atoms with Gasteiger partial charge in [0.15, 0.2) is 5.78 Å². The Hall–Kier alpha value is -1.09. The van der Waals surface area contributed by atoms with Gasteiger partial charge in [-0.25, -0.2) is 0 Å². The molecular weight excluding hydrogens is 236 g/mol. The van der Waals surface area contributed by atoms with E-state index in [-0.39, 0.29) is 5.78 Å². The van der Waals surface area contributed by atoms with Crippen molar-refractivity contribution >= 4 is 5.78 Å². The number of aromatic amines is 1. The van der Waals surface area contributed by atoms with Gasteiger partial charge in [-0.1, -0.05) is 26.7 Å². The SMILES string of the molecule is CC(C)CCN(CC(=O)c1ccc[nH]1)C1CCCC1. The van der Waals surface area contributed by atoms with Crippen molar-refractivity contribution in [2.24, 2.45) is 5.92 Å². The summed E-state index contributed by atoms with van der Waals surface area (Å²) in [5.74, 6) is 0.921. The van der Waals surface area contributed by atoms with Crippen molar-refractivity contribution in [1.29, 1.82) is 0 Å². The van der Waals surface area contributed by atoms with Gasteiger partial charge in [0, 0.05) is 12.2 Å². The largest absolute Gasteiger partial charge is 0.359 e. The number of hydrogen-bond acceptors (Lipinski definition) is 2. The monoisotopic (exact) mass is 262 g/mol. The molecule has 3 heteroatoms. The molecule has 1 fully saturated rings. The highest BCUT2D eigenvalue weighted by Gasteiger charge is 2.24. The molecule has 1 N–H and O–H groups in total. The topological polar surface area (TPSA) is 36.1 Å². The predicted molar refractivity (Wildman–Crippen MR) is 78.4 cm³/mol. The number of carbonyl (C=O) groups is 1. The molecular formula is C16H26N2O. The van der Waals surface area contributed by atoms with Crippen LogP contribution in [0.3, 0.4) is 0 Å². The van der Waals surface area contributed by atoms with Crippen LogP contribution in [0.1, 0.15) is 56.4 Å². The van der Waals surface area contributed by atoms with Gasteiger partial charge < -0.3 is 4.98 Å². The number of aromatic nitrogens is 1. The summed E-state index contributed by atoms with van der Waals surface area (Å²) in [6.07, 6.45) is 8.15. The molecule has 0 aromatic carbocycles. The predicted octanol–water partition coefficient (Wildman–Crippen LogP) is 3.49. The molecule has 1 heterocycles. The highest BCUT2D eigenvalue weighted by Crippen LogP contribution is 2.24. The third-order valence-electron chi connectivity index (χ3n) is 4.08. The van der Waals surface area contributed by atoms with Crippen molar-refractivity contribution in [2.75, 3.05) is 13.1 Å². The maximum atomic E-state index is 12.2. The zero-order valence-corrected chi connectivity index (χ0v) is 12.2. The van der Waals surface area contributed by atoms with Gasteiger partial charge in [-0.2, -0.15) is 0 Å². The molecule has 0 unspecified atom stereocenters. The average Bonchev–Trinajstić information content (AvgIpc) is 3.05. The lowest BCUT2D eigenvalue weighted by Gasteiger charge is -2.28. The van der Waals surface area contributed by atoms with Gasteiger partial charge in [-0.3, -0.25) is 9.69 Å². The minimum absolute atomic E-state index is 0.223. The van der Waals surface area contributed by atoms with Crippen molar-refractivity contribution in [2.45, 2.75) is 52.0 Å². The quantitative estimate of drug-likeness (QED) is 0.764. The summed E-state index contributed by atoms with van der Waals surface area (Å²) in [4.78, 5) is 17.7. The summed E-state index contributed by atoms with van der Waals surface area (Å²) in [5, 5.41) is 0. The van der Waals surface area contributed by atoms with Crippen molar-refractivity contribution in [1.82, 2.24) is 9.88 Å². The number of ketones is 1. The Balaban J connectivity index is 1.94. The molecule has 106 valence electrons. The Labute approximate surface area is 116 Å². The second-order valence-electron chi connectivity index (χ2n) is 6.10. The van der Waals surface area contributed by atoms with E-state index >= 15 is 0 Å². The lowest BCUT2D eigenvalue weighted by atomic mass is 10.1. The Bertz CT molecular complexity index is 377. The van der Waals surface area contributed by atoms with Gasteiger partial charge in [-0.15, -0.1) is 0 Å². The molecule has 0 spiro atoms. The molecule has 0 aliphatic heterocycles. The molecule has 3 nitrogen and oxygen atoms in total. The summed E-state index contributed by atoms with van der Waals surface area (Å²) < 4.78 is 0. The second-order valence-corrected chi connectivity index (χ2v) is 6.10. The maximum Gasteiger partial charge on any atom is 0.192 e. The molecule has 1 aliphatic carbocycles. The summed E-state index contributed by atoms with van der Waals surface area (Å²) >= 11 is 0. The van der Waals surface area contributed by atoms with E-state index in [1.165, 1.54) is 32.1 Å².